The van der Waals surface area contributed by atoms with E-state index in [0.29, 0.717) is 23.4 Å². The molecule has 1 amide bonds. The van der Waals surface area contributed by atoms with Gasteiger partial charge in [-0.3, -0.25) is 4.72 Å². The Morgan fingerprint density at radius 1 is 1.21 bits per heavy atom. The van der Waals surface area contributed by atoms with Gasteiger partial charge in [0.05, 0.1) is 19.8 Å². The molecule has 1 heterocycles. The molecule has 8 nitrogen and oxygen atoms in total. The van der Waals surface area contributed by atoms with Crippen molar-refractivity contribution in [3.8, 4) is 11.5 Å². The van der Waals surface area contributed by atoms with Crippen molar-refractivity contribution in [1.29, 1.82) is 0 Å². The van der Waals surface area contributed by atoms with Gasteiger partial charge in [-0.15, -0.1) is 0 Å². The molecule has 0 unspecified atom stereocenters. The summed E-state index contributed by atoms with van der Waals surface area (Å²) >= 11 is 0. The summed E-state index contributed by atoms with van der Waals surface area (Å²) in [6.07, 6.45) is -0.195. The summed E-state index contributed by atoms with van der Waals surface area (Å²) in [6.45, 7) is 2.09. The highest BCUT2D eigenvalue weighted by atomic mass is 32.2. The summed E-state index contributed by atoms with van der Waals surface area (Å²) in [5, 5.41) is 2.70. The maximum atomic E-state index is 12.9. The van der Waals surface area contributed by atoms with Crippen molar-refractivity contribution in [2.45, 2.75) is 24.3 Å². The average Bonchev–Trinajstić information content (AvgIpc) is 2.67. The number of ether oxygens (including phenoxy) is 3. The van der Waals surface area contributed by atoms with Gasteiger partial charge in [0, 0.05) is 17.7 Å². The third kappa shape index (κ3) is 4.30. The number of methoxy groups -OCH3 is 1. The first kappa shape index (κ1) is 19.8. The Morgan fingerprint density at radius 2 is 1.96 bits per heavy atom. The van der Waals surface area contributed by atoms with Gasteiger partial charge in [0.15, 0.2) is 0 Å². The lowest BCUT2D eigenvalue weighted by molar-refractivity contribution is 0.139. The Morgan fingerprint density at radius 3 is 2.64 bits per heavy atom. The molecule has 2 N–H and O–H groups in total. The number of hydrogen-bond donors (Lipinski definition) is 2. The molecule has 2 aromatic carbocycles. The number of fused-ring (bicyclic) bond motifs is 1. The minimum Gasteiger partial charge on any atom is -0.496 e. The van der Waals surface area contributed by atoms with Gasteiger partial charge in [0.1, 0.15) is 23.0 Å². The Balaban J connectivity index is 1.91. The maximum Gasteiger partial charge on any atom is 0.407 e. The zero-order valence-corrected chi connectivity index (χ0v) is 16.4. The Bertz CT molecular complexity index is 946. The largest absolute Gasteiger partial charge is 0.496 e. The first-order chi connectivity index (χ1) is 13.4. The van der Waals surface area contributed by atoms with Crippen LogP contribution in [0.4, 0.5) is 10.5 Å². The number of alkyl carbamates (subject to hydrolysis) is 1. The zero-order valence-electron chi connectivity index (χ0n) is 15.6. The lowest BCUT2D eigenvalue weighted by Gasteiger charge is -2.28. The molecule has 9 heteroatoms. The van der Waals surface area contributed by atoms with E-state index in [9.17, 15) is 13.2 Å². The van der Waals surface area contributed by atoms with Gasteiger partial charge in [-0.25, -0.2) is 13.2 Å². The van der Waals surface area contributed by atoms with Gasteiger partial charge in [-0.05, 0) is 31.2 Å². The number of rotatable bonds is 6. The quantitative estimate of drug-likeness (QED) is 0.764. The number of carbonyl (C=O) groups excluding carboxylic acids is 1. The SMILES string of the molecule is CCOC(=O)N[C@H]1COc2c(S(=O)(=O)Nc3ccccc3)ccc(OC)c2C1. The van der Waals surface area contributed by atoms with Crippen LogP contribution >= 0.6 is 0 Å². The highest BCUT2D eigenvalue weighted by Crippen LogP contribution is 2.39. The Hall–Kier alpha value is -2.94. The molecule has 0 fully saturated rings. The van der Waals surface area contributed by atoms with Crippen molar-refractivity contribution in [2.24, 2.45) is 0 Å². The summed E-state index contributed by atoms with van der Waals surface area (Å²) in [7, 11) is -2.38. The van der Waals surface area contributed by atoms with E-state index in [1.807, 2.05) is 0 Å². The molecule has 0 saturated carbocycles. The predicted octanol–water partition coefficient (Wildman–Crippen LogP) is 2.55. The van der Waals surface area contributed by atoms with Gasteiger partial charge in [-0.2, -0.15) is 0 Å². The fourth-order valence-electron chi connectivity index (χ4n) is 2.98. The van der Waals surface area contributed by atoms with Gasteiger partial charge in [0.2, 0.25) is 0 Å². The van der Waals surface area contributed by atoms with Crippen LogP contribution in [0.5, 0.6) is 11.5 Å². The van der Waals surface area contributed by atoms with Gasteiger partial charge in [-0.1, -0.05) is 18.2 Å². The second-order valence-electron chi connectivity index (χ2n) is 6.12. The van der Waals surface area contributed by atoms with Crippen molar-refractivity contribution < 1.29 is 27.4 Å². The van der Waals surface area contributed by atoms with E-state index < -0.39 is 16.1 Å². The number of benzene rings is 2. The van der Waals surface area contributed by atoms with E-state index in [1.54, 1.807) is 43.3 Å². The number of amides is 1. The molecule has 0 spiro atoms. The molecule has 3 rings (SSSR count). The zero-order chi connectivity index (χ0) is 20.1. The van der Waals surface area contributed by atoms with Gasteiger partial charge >= 0.3 is 6.09 Å². The molecule has 28 heavy (non-hydrogen) atoms. The Labute approximate surface area is 163 Å². The van der Waals surface area contributed by atoms with Crippen LogP contribution in [-0.4, -0.2) is 40.9 Å². The van der Waals surface area contributed by atoms with Crippen molar-refractivity contribution >= 4 is 21.8 Å². The number of sulfonamides is 1. The molecular weight excluding hydrogens is 384 g/mol. The maximum absolute atomic E-state index is 12.9. The predicted molar refractivity (Wildman–Crippen MR) is 103 cm³/mol. The van der Waals surface area contributed by atoms with Gasteiger partial charge in [0.25, 0.3) is 10.0 Å². The molecule has 0 aromatic heterocycles. The number of nitrogens with one attached hydrogen (secondary N) is 2. The van der Waals surface area contributed by atoms with Crippen LogP contribution < -0.4 is 19.5 Å². The van der Waals surface area contributed by atoms with Crippen molar-refractivity contribution in [2.75, 3.05) is 25.0 Å². The molecule has 1 aliphatic rings. The molecule has 0 bridgehead atoms. The topological polar surface area (TPSA) is 103 Å². The molecule has 0 radical (unpaired) electrons. The van der Waals surface area contributed by atoms with Crippen LogP contribution in [-0.2, 0) is 21.2 Å². The molecular formula is C19H22N2O6S. The highest BCUT2D eigenvalue weighted by molar-refractivity contribution is 7.92. The molecule has 150 valence electrons. The number of carbonyl (C=O) groups is 1. The second-order valence-corrected chi connectivity index (χ2v) is 7.77. The van der Waals surface area contributed by atoms with Crippen molar-refractivity contribution in [3.63, 3.8) is 0 Å². The van der Waals surface area contributed by atoms with E-state index in [1.165, 1.54) is 13.2 Å². The Kier molecular flexibility index (Phi) is 5.93. The third-order valence-electron chi connectivity index (χ3n) is 4.19. The van der Waals surface area contributed by atoms with Crippen molar-refractivity contribution in [3.05, 3.63) is 48.0 Å². The summed E-state index contributed by atoms with van der Waals surface area (Å²) in [5.74, 6) is 0.716. The van der Waals surface area contributed by atoms with E-state index in [2.05, 4.69) is 10.0 Å². The van der Waals surface area contributed by atoms with Crippen LogP contribution in [0.2, 0.25) is 0 Å². The fraction of sp³-hybridized carbons (Fsp3) is 0.316. The summed E-state index contributed by atoms with van der Waals surface area (Å²) in [5.41, 5.74) is 1.02. The first-order valence-corrected chi connectivity index (χ1v) is 10.3. The summed E-state index contributed by atoms with van der Waals surface area (Å²) in [4.78, 5) is 11.7. The molecule has 1 atom stereocenters. The van der Waals surface area contributed by atoms with E-state index in [0.717, 1.165) is 0 Å². The van der Waals surface area contributed by atoms with E-state index >= 15 is 0 Å². The van der Waals surface area contributed by atoms with Gasteiger partial charge < -0.3 is 19.5 Å². The fourth-order valence-corrected chi connectivity index (χ4v) is 4.21. The lowest BCUT2D eigenvalue weighted by Crippen LogP contribution is -2.43. The molecule has 0 saturated heterocycles. The minimum absolute atomic E-state index is 0.0155. The van der Waals surface area contributed by atoms with Crippen molar-refractivity contribution in [1.82, 2.24) is 5.32 Å². The van der Waals surface area contributed by atoms with Crippen LogP contribution in [0.3, 0.4) is 0 Å². The monoisotopic (exact) mass is 406 g/mol. The van der Waals surface area contributed by atoms with Crippen LogP contribution in [0.15, 0.2) is 47.4 Å². The summed E-state index contributed by atoms with van der Waals surface area (Å²) < 4.78 is 44.3. The lowest BCUT2D eigenvalue weighted by atomic mass is 10.0. The minimum atomic E-state index is -3.87. The van der Waals surface area contributed by atoms with Crippen LogP contribution in [0.1, 0.15) is 12.5 Å². The number of anilines is 1. The number of hydrogen-bond acceptors (Lipinski definition) is 6. The smallest absolute Gasteiger partial charge is 0.407 e. The molecule has 0 aliphatic carbocycles. The van der Waals surface area contributed by atoms with E-state index in [4.69, 9.17) is 14.2 Å². The standard InChI is InChI=1S/C19H22N2O6S/c1-3-26-19(22)20-14-11-15-16(25-2)9-10-17(18(15)27-12-14)28(23,24)21-13-7-5-4-6-8-13/h4-10,14,21H,3,11-12H2,1-2H3,(H,20,22)/t14-/m1/s1. The van der Waals surface area contributed by atoms with Crippen LogP contribution in [0, 0.1) is 0 Å². The molecule has 1 aliphatic heterocycles. The second kappa shape index (κ2) is 8.39. The van der Waals surface area contributed by atoms with Crippen LogP contribution in [0.25, 0.3) is 0 Å². The summed E-state index contributed by atoms with van der Waals surface area (Å²) in [6, 6.07) is 11.3. The normalized spacial score (nSPS) is 15.7. The van der Waals surface area contributed by atoms with E-state index in [-0.39, 0.29) is 29.9 Å². The molecule has 2 aromatic rings. The highest BCUT2D eigenvalue weighted by Gasteiger charge is 2.31. The third-order valence-corrected chi connectivity index (χ3v) is 5.60. The number of para-hydroxylation sites is 1. The first-order valence-electron chi connectivity index (χ1n) is 8.78. The average molecular weight is 406 g/mol.